The molecule has 4 heteroatoms. The summed E-state index contributed by atoms with van der Waals surface area (Å²) in [7, 11) is 0. The summed E-state index contributed by atoms with van der Waals surface area (Å²) < 4.78 is 11.2. The van der Waals surface area contributed by atoms with Gasteiger partial charge in [0.25, 0.3) is 0 Å². The fourth-order valence-corrected chi connectivity index (χ4v) is 3.55. The minimum absolute atomic E-state index is 0.123. The van der Waals surface area contributed by atoms with Gasteiger partial charge in [0.1, 0.15) is 0 Å². The van der Waals surface area contributed by atoms with Crippen molar-refractivity contribution in [2.75, 3.05) is 32.9 Å². The summed E-state index contributed by atoms with van der Waals surface area (Å²) in [5, 5.41) is 0. The quantitative estimate of drug-likeness (QED) is 0.804. The zero-order valence-electron chi connectivity index (χ0n) is 14.7. The van der Waals surface area contributed by atoms with Crippen LogP contribution in [-0.2, 0) is 20.7 Å². The number of rotatable bonds is 6. The second-order valence-electron chi connectivity index (χ2n) is 7.04. The molecule has 3 rings (SSSR count). The summed E-state index contributed by atoms with van der Waals surface area (Å²) >= 11 is 0. The molecule has 0 spiro atoms. The van der Waals surface area contributed by atoms with Crippen LogP contribution in [0.2, 0.25) is 0 Å². The molecule has 0 aliphatic carbocycles. The summed E-state index contributed by atoms with van der Waals surface area (Å²) in [6.45, 7) is 5.87. The minimum atomic E-state index is 0.123. The molecule has 0 saturated carbocycles. The number of carbonyl (C=O) groups is 1. The number of ether oxygens (including phenoxy) is 2. The van der Waals surface area contributed by atoms with Gasteiger partial charge in [-0.15, -0.1) is 0 Å². The fourth-order valence-electron chi connectivity index (χ4n) is 3.55. The lowest BCUT2D eigenvalue weighted by atomic mass is 9.98. The molecule has 0 N–H and O–H groups in total. The van der Waals surface area contributed by atoms with Gasteiger partial charge in [-0.3, -0.25) is 4.79 Å². The lowest BCUT2D eigenvalue weighted by molar-refractivity contribution is -0.140. The van der Waals surface area contributed by atoms with Crippen LogP contribution in [0.4, 0.5) is 0 Å². The van der Waals surface area contributed by atoms with Crippen molar-refractivity contribution in [1.29, 1.82) is 0 Å². The maximum Gasteiger partial charge on any atom is 0.225 e. The average Bonchev–Trinajstić information content (AvgIpc) is 3.13. The van der Waals surface area contributed by atoms with E-state index in [0.29, 0.717) is 19.1 Å². The van der Waals surface area contributed by atoms with Crippen LogP contribution in [0.5, 0.6) is 0 Å². The Labute approximate surface area is 145 Å². The number of carbonyl (C=O) groups excluding carboxylic acids is 1. The van der Waals surface area contributed by atoms with Crippen molar-refractivity contribution >= 4 is 5.91 Å². The van der Waals surface area contributed by atoms with E-state index in [1.54, 1.807) is 0 Å². The normalized spacial score (nSPS) is 21.8. The van der Waals surface area contributed by atoms with E-state index in [0.717, 1.165) is 51.8 Å². The van der Waals surface area contributed by atoms with Crippen LogP contribution in [0.3, 0.4) is 0 Å². The Balaban J connectivity index is 1.61. The van der Waals surface area contributed by atoms with Crippen LogP contribution in [-0.4, -0.2) is 49.8 Å². The van der Waals surface area contributed by atoms with Crippen LogP contribution in [0.1, 0.15) is 36.8 Å². The zero-order valence-corrected chi connectivity index (χ0v) is 14.7. The fraction of sp³-hybridized carbons (Fsp3) is 0.650. The van der Waals surface area contributed by atoms with Crippen LogP contribution >= 0.6 is 0 Å². The molecule has 2 aliphatic heterocycles. The van der Waals surface area contributed by atoms with Gasteiger partial charge in [0, 0.05) is 38.8 Å². The van der Waals surface area contributed by atoms with Crippen molar-refractivity contribution in [2.24, 2.45) is 5.92 Å². The Kier molecular flexibility index (Phi) is 6.27. The third-order valence-electron chi connectivity index (χ3n) is 5.12. The zero-order chi connectivity index (χ0) is 16.8. The molecule has 1 aromatic carbocycles. The lowest BCUT2D eigenvalue weighted by Gasteiger charge is -2.31. The van der Waals surface area contributed by atoms with Crippen LogP contribution in [0.15, 0.2) is 24.3 Å². The highest BCUT2D eigenvalue weighted by atomic mass is 16.5. The van der Waals surface area contributed by atoms with E-state index in [9.17, 15) is 4.79 Å². The molecular weight excluding hydrogens is 302 g/mol. The van der Waals surface area contributed by atoms with Gasteiger partial charge in [0.2, 0.25) is 5.91 Å². The molecule has 132 valence electrons. The largest absolute Gasteiger partial charge is 0.381 e. The molecule has 0 aromatic heterocycles. The number of hydrogen-bond donors (Lipinski definition) is 0. The maximum atomic E-state index is 13.0. The monoisotopic (exact) mass is 331 g/mol. The molecule has 2 aliphatic rings. The molecule has 0 radical (unpaired) electrons. The highest BCUT2D eigenvalue weighted by molar-refractivity contribution is 5.79. The van der Waals surface area contributed by atoms with E-state index in [4.69, 9.17) is 9.47 Å². The van der Waals surface area contributed by atoms with Crippen molar-refractivity contribution in [2.45, 2.75) is 45.1 Å². The Bertz CT molecular complexity index is 516. The summed E-state index contributed by atoms with van der Waals surface area (Å²) in [4.78, 5) is 15.0. The second-order valence-corrected chi connectivity index (χ2v) is 7.04. The van der Waals surface area contributed by atoms with Crippen molar-refractivity contribution in [3.8, 4) is 0 Å². The predicted molar refractivity (Wildman–Crippen MR) is 94.0 cm³/mol. The molecule has 1 unspecified atom stereocenters. The predicted octanol–water partition coefficient (Wildman–Crippen LogP) is 2.97. The van der Waals surface area contributed by atoms with Gasteiger partial charge in [0.15, 0.2) is 0 Å². The first-order chi connectivity index (χ1) is 11.7. The molecule has 0 bridgehead atoms. The van der Waals surface area contributed by atoms with Gasteiger partial charge >= 0.3 is 0 Å². The average molecular weight is 331 g/mol. The van der Waals surface area contributed by atoms with Gasteiger partial charge in [0.05, 0.1) is 6.10 Å². The van der Waals surface area contributed by atoms with E-state index >= 15 is 0 Å². The minimum Gasteiger partial charge on any atom is -0.381 e. The first-order valence-corrected chi connectivity index (χ1v) is 9.26. The number of nitrogens with zero attached hydrogens (tertiary/aromatic N) is 1. The Morgan fingerprint density at radius 1 is 1.12 bits per heavy atom. The molecule has 1 aromatic rings. The van der Waals surface area contributed by atoms with Gasteiger partial charge in [-0.1, -0.05) is 29.8 Å². The molecule has 1 atom stereocenters. The van der Waals surface area contributed by atoms with Gasteiger partial charge in [-0.25, -0.2) is 0 Å². The number of aryl methyl sites for hydroxylation is 1. The Morgan fingerprint density at radius 3 is 2.54 bits per heavy atom. The number of hydrogen-bond acceptors (Lipinski definition) is 3. The third kappa shape index (κ3) is 4.81. The smallest absolute Gasteiger partial charge is 0.225 e. The SMILES string of the molecule is Cc1ccc(CCN(CC2CCCO2)C(=O)C2CCOCC2)cc1. The second kappa shape index (κ2) is 8.63. The van der Waals surface area contributed by atoms with Crippen molar-refractivity contribution < 1.29 is 14.3 Å². The molecule has 2 heterocycles. The van der Waals surface area contributed by atoms with Gasteiger partial charge in [-0.2, -0.15) is 0 Å². The summed E-state index contributed by atoms with van der Waals surface area (Å²) in [6.07, 6.45) is 5.01. The van der Waals surface area contributed by atoms with Crippen molar-refractivity contribution in [3.63, 3.8) is 0 Å². The van der Waals surface area contributed by atoms with Gasteiger partial charge < -0.3 is 14.4 Å². The lowest BCUT2D eigenvalue weighted by Crippen LogP contribution is -2.43. The highest BCUT2D eigenvalue weighted by Crippen LogP contribution is 2.20. The Hall–Kier alpha value is -1.39. The molecule has 24 heavy (non-hydrogen) atoms. The molecular formula is C20H29NO3. The number of amides is 1. The van der Waals surface area contributed by atoms with E-state index in [1.807, 2.05) is 4.90 Å². The standard InChI is InChI=1S/C20H29NO3/c1-16-4-6-17(7-5-16)8-11-21(15-19-3-2-12-24-19)20(22)18-9-13-23-14-10-18/h4-7,18-19H,2-3,8-15H2,1H3. The molecule has 2 saturated heterocycles. The first kappa shape index (κ1) is 17.4. The highest BCUT2D eigenvalue weighted by Gasteiger charge is 2.29. The van der Waals surface area contributed by atoms with E-state index in [2.05, 4.69) is 31.2 Å². The summed E-state index contributed by atoms with van der Waals surface area (Å²) in [5.74, 6) is 0.416. The number of benzene rings is 1. The Morgan fingerprint density at radius 2 is 1.88 bits per heavy atom. The summed E-state index contributed by atoms with van der Waals surface area (Å²) in [5.41, 5.74) is 2.56. The third-order valence-corrected chi connectivity index (χ3v) is 5.12. The molecule has 1 amide bonds. The molecule has 2 fully saturated rings. The first-order valence-electron chi connectivity index (χ1n) is 9.26. The van der Waals surface area contributed by atoms with E-state index < -0.39 is 0 Å². The molecule has 4 nitrogen and oxygen atoms in total. The van der Waals surface area contributed by atoms with Crippen LogP contribution in [0.25, 0.3) is 0 Å². The van der Waals surface area contributed by atoms with Crippen molar-refractivity contribution in [1.82, 2.24) is 4.90 Å². The summed E-state index contributed by atoms with van der Waals surface area (Å²) in [6, 6.07) is 8.61. The maximum absolute atomic E-state index is 13.0. The van der Waals surface area contributed by atoms with Crippen LogP contribution in [0, 0.1) is 12.8 Å². The topological polar surface area (TPSA) is 38.8 Å². The van der Waals surface area contributed by atoms with Crippen LogP contribution < -0.4 is 0 Å². The van der Waals surface area contributed by atoms with E-state index in [-0.39, 0.29) is 12.0 Å². The van der Waals surface area contributed by atoms with Gasteiger partial charge in [-0.05, 0) is 44.6 Å². The van der Waals surface area contributed by atoms with E-state index in [1.165, 1.54) is 11.1 Å². The van der Waals surface area contributed by atoms with Crippen molar-refractivity contribution in [3.05, 3.63) is 35.4 Å².